The predicted octanol–water partition coefficient (Wildman–Crippen LogP) is 3.37. The van der Waals surface area contributed by atoms with Crippen LogP contribution >= 0.6 is 11.3 Å². The molecule has 0 aromatic carbocycles. The minimum absolute atomic E-state index is 0.0171. The van der Waals surface area contributed by atoms with Gasteiger partial charge in [-0.05, 0) is 48.1 Å². The van der Waals surface area contributed by atoms with Gasteiger partial charge in [0.25, 0.3) is 10.0 Å². The Morgan fingerprint density at radius 2 is 2.00 bits per heavy atom. The molecule has 0 aliphatic carbocycles. The Bertz CT molecular complexity index is 1040. The van der Waals surface area contributed by atoms with Gasteiger partial charge in [-0.2, -0.15) is 4.31 Å². The van der Waals surface area contributed by atoms with Crippen LogP contribution in [0.2, 0.25) is 0 Å². The summed E-state index contributed by atoms with van der Waals surface area (Å²) in [5.41, 5.74) is 0.940. The molecule has 3 aromatic rings. The molecule has 1 saturated heterocycles. The lowest BCUT2D eigenvalue weighted by Gasteiger charge is -2.33. The van der Waals surface area contributed by atoms with Gasteiger partial charge < -0.3 is 9.32 Å². The van der Waals surface area contributed by atoms with Crippen molar-refractivity contribution in [3.05, 3.63) is 71.8 Å². The molecule has 0 bridgehead atoms. The molecule has 0 saturated carbocycles. The molecule has 0 unspecified atom stereocenters. The van der Waals surface area contributed by atoms with Crippen molar-refractivity contribution in [3.8, 4) is 0 Å². The molecule has 1 aliphatic heterocycles. The highest BCUT2D eigenvalue weighted by atomic mass is 32.2. The summed E-state index contributed by atoms with van der Waals surface area (Å²) < 4.78 is 32.7. The van der Waals surface area contributed by atoms with Gasteiger partial charge in [0.2, 0.25) is 5.91 Å². The Morgan fingerprint density at radius 1 is 1.17 bits per heavy atom. The van der Waals surface area contributed by atoms with Crippen LogP contribution in [-0.4, -0.2) is 41.6 Å². The van der Waals surface area contributed by atoms with E-state index in [1.54, 1.807) is 47.1 Å². The smallest absolute Gasteiger partial charge is 0.252 e. The van der Waals surface area contributed by atoms with Gasteiger partial charge in [-0.1, -0.05) is 12.1 Å². The van der Waals surface area contributed by atoms with Crippen molar-refractivity contribution in [2.75, 3.05) is 13.1 Å². The summed E-state index contributed by atoms with van der Waals surface area (Å²) in [5, 5.41) is 1.76. The first-order valence-electron chi connectivity index (χ1n) is 9.78. The maximum atomic E-state index is 13.3. The minimum atomic E-state index is -3.47. The fourth-order valence-electron chi connectivity index (χ4n) is 3.65. The lowest BCUT2D eigenvalue weighted by molar-refractivity contribution is -0.138. The number of piperidine rings is 1. The molecule has 9 heteroatoms. The number of amides is 1. The van der Waals surface area contributed by atoms with Crippen LogP contribution in [-0.2, 0) is 27.9 Å². The number of carbonyl (C=O) groups is 1. The molecule has 1 amide bonds. The number of pyridine rings is 1. The monoisotopic (exact) mass is 445 g/mol. The minimum Gasteiger partial charge on any atom is -0.467 e. The molecule has 158 valence electrons. The van der Waals surface area contributed by atoms with Gasteiger partial charge in [-0.3, -0.25) is 9.78 Å². The number of hydrogen-bond acceptors (Lipinski definition) is 6. The molecule has 0 spiro atoms. The number of hydrogen-bond donors (Lipinski definition) is 0. The molecule has 0 atom stereocenters. The van der Waals surface area contributed by atoms with Crippen LogP contribution in [0.15, 0.2) is 69.1 Å². The van der Waals surface area contributed by atoms with Gasteiger partial charge in [0.1, 0.15) is 9.97 Å². The van der Waals surface area contributed by atoms with E-state index in [0.29, 0.717) is 49.0 Å². The van der Waals surface area contributed by atoms with E-state index in [0.717, 1.165) is 5.56 Å². The van der Waals surface area contributed by atoms with Gasteiger partial charge in [-0.15, -0.1) is 11.3 Å². The van der Waals surface area contributed by atoms with Crippen molar-refractivity contribution in [2.45, 2.75) is 30.1 Å². The van der Waals surface area contributed by atoms with E-state index in [1.165, 1.54) is 15.6 Å². The van der Waals surface area contributed by atoms with Crippen molar-refractivity contribution < 1.29 is 17.6 Å². The first kappa shape index (κ1) is 20.8. The van der Waals surface area contributed by atoms with Gasteiger partial charge in [0, 0.05) is 37.9 Å². The third-order valence-electron chi connectivity index (χ3n) is 5.23. The number of rotatable bonds is 7. The summed E-state index contributed by atoms with van der Waals surface area (Å²) in [7, 11) is -3.47. The van der Waals surface area contributed by atoms with E-state index in [9.17, 15) is 13.2 Å². The highest BCUT2D eigenvalue weighted by molar-refractivity contribution is 7.91. The largest absolute Gasteiger partial charge is 0.467 e. The van der Waals surface area contributed by atoms with E-state index in [1.807, 2.05) is 18.2 Å². The molecule has 1 aliphatic rings. The maximum absolute atomic E-state index is 13.3. The zero-order chi connectivity index (χ0) is 21.0. The van der Waals surface area contributed by atoms with Crippen molar-refractivity contribution in [1.82, 2.24) is 14.2 Å². The fourth-order valence-corrected chi connectivity index (χ4v) is 6.27. The van der Waals surface area contributed by atoms with E-state index < -0.39 is 10.0 Å². The highest BCUT2D eigenvalue weighted by Gasteiger charge is 2.34. The average Bonchev–Trinajstić information content (AvgIpc) is 3.48. The number of furan rings is 1. The van der Waals surface area contributed by atoms with Crippen LogP contribution in [0, 0.1) is 5.92 Å². The van der Waals surface area contributed by atoms with Crippen LogP contribution in [0.4, 0.5) is 0 Å². The molecule has 30 heavy (non-hydrogen) atoms. The average molecular weight is 446 g/mol. The first-order chi connectivity index (χ1) is 14.5. The number of thiophene rings is 1. The van der Waals surface area contributed by atoms with Gasteiger partial charge in [0.05, 0.1) is 12.8 Å². The lowest BCUT2D eigenvalue weighted by atomic mass is 9.96. The maximum Gasteiger partial charge on any atom is 0.252 e. The SMILES string of the molecule is O=C(C1CCN(S(=O)(=O)c2cccs2)CC1)N(Cc1cccnc1)Cc1ccco1. The number of sulfonamides is 1. The molecule has 1 fully saturated rings. The third kappa shape index (κ3) is 4.63. The standard InChI is InChI=1S/C21H23N3O4S2/c25-21(18-7-10-24(11-8-18)30(26,27)20-6-3-13-29-20)23(16-19-5-2-12-28-19)15-17-4-1-9-22-14-17/h1-6,9,12-14,18H,7-8,10-11,15-16H2. The van der Waals surface area contributed by atoms with E-state index in [2.05, 4.69) is 4.98 Å². The quantitative estimate of drug-likeness (QED) is 0.557. The van der Waals surface area contributed by atoms with Crippen molar-refractivity contribution in [2.24, 2.45) is 5.92 Å². The van der Waals surface area contributed by atoms with Gasteiger partial charge >= 0.3 is 0 Å². The molecular weight excluding hydrogens is 422 g/mol. The number of aromatic nitrogens is 1. The summed E-state index contributed by atoms with van der Waals surface area (Å²) >= 11 is 1.22. The number of nitrogens with zero attached hydrogens (tertiary/aromatic N) is 3. The predicted molar refractivity (Wildman–Crippen MR) is 113 cm³/mol. The molecule has 4 rings (SSSR count). The Labute approximate surface area is 180 Å². The van der Waals surface area contributed by atoms with E-state index in [4.69, 9.17) is 4.42 Å². The topological polar surface area (TPSA) is 83.7 Å². The lowest BCUT2D eigenvalue weighted by Crippen LogP contribution is -2.43. The van der Waals surface area contributed by atoms with Crippen LogP contribution in [0.1, 0.15) is 24.2 Å². The highest BCUT2D eigenvalue weighted by Crippen LogP contribution is 2.28. The summed E-state index contributed by atoms with van der Waals surface area (Å²) in [6.45, 7) is 1.49. The summed E-state index contributed by atoms with van der Waals surface area (Å²) in [6.07, 6.45) is 6.05. The van der Waals surface area contributed by atoms with Crippen LogP contribution in [0.25, 0.3) is 0 Å². The summed E-state index contributed by atoms with van der Waals surface area (Å²) in [5.74, 6) is 0.514. The Balaban J connectivity index is 1.44. The van der Waals surface area contributed by atoms with Crippen molar-refractivity contribution >= 4 is 27.3 Å². The van der Waals surface area contributed by atoms with Crippen LogP contribution < -0.4 is 0 Å². The van der Waals surface area contributed by atoms with Crippen molar-refractivity contribution in [1.29, 1.82) is 0 Å². The fraction of sp³-hybridized carbons (Fsp3) is 0.333. The summed E-state index contributed by atoms with van der Waals surface area (Å²) in [4.78, 5) is 19.2. The Kier molecular flexibility index (Phi) is 6.31. The first-order valence-corrected chi connectivity index (χ1v) is 12.1. The van der Waals surface area contributed by atoms with Crippen molar-refractivity contribution in [3.63, 3.8) is 0 Å². The zero-order valence-electron chi connectivity index (χ0n) is 16.4. The van der Waals surface area contributed by atoms with Crippen LogP contribution in [0.3, 0.4) is 0 Å². The molecule has 7 nitrogen and oxygen atoms in total. The molecule has 0 N–H and O–H groups in total. The van der Waals surface area contributed by atoms with E-state index >= 15 is 0 Å². The molecule has 0 radical (unpaired) electrons. The second-order valence-corrected chi connectivity index (χ2v) is 10.4. The second-order valence-electron chi connectivity index (χ2n) is 7.25. The van der Waals surface area contributed by atoms with Gasteiger partial charge in [0.15, 0.2) is 0 Å². The van der Waals surface area contributed by atoms with Crippen LogP contribution in [0.5, 0.6) is 0 Å². The van der Waals surface area contributed by atoms with E-state index in [-0.39, 0.29) is 11.8 Å². The Morgan fingerprint density at radius 3 is 2.63 bits per heavy atom. The Hall–Kier alpha value is -2.49. The summed E-state index contributed by atoms with van der Waals surface area (Å²) in [6, 6.07) is 10.8. The van der Waals surface area contributed by atoms with Gasteiger partial charge in [-0.25, -0.2) is 8.42 Å². The second kappa shape index (κ2) is 9.11. The third-order valence-corrected chi connectivity index (χ3v) is 8.50. The zero-order valence-corrected chi connectivity index (χ0v) is 18.0. The molecule has 4 heterocycles. The molecule has 3 aromatic heterocycles. The molecular formula is C21H23N3O4S2. The number of carbonyl (C=O) groups excluding carboxylic acids is 1. The normalized spacial score (nSPS) is 15.9.